The van der Waals surface area contributed by atoms with Gasteiger partial charge in [0.25, 0.3) is 0 Å². The molecule has 0 saturated heterocycles. The molecule has 0 heterocycles. The standard InChI is InChI=1S/C29H24Cl2/c30-21-9-7-16(8-10-21)22-3-1-4-23-26(22)27-24(5-2-6-25(27)31)29(23)19-12-17-11-18-13-20(29)15-28(17,18)14-19/h1-10,17-20H,11-15H2. The Labute approximate surface area is 193 Å². The summed E-state index contributed by atoms with van der Waals surface area (Å²) in [5.41, 5.74) is 9.20. The van der Waals surface area contributed by atoms with Gasteiger partial charge >= 0.3 is 0 Å². The fraction of sp³-hybridized carbons (Fsp3) is 0.379. The smallest absolute Gasteiger partial charge is 0.0487 e. The lowest BCUT2D eigenvalue weighted by molar-refractivity contribution is -0.00187. The maximum atomic E-state index is 7.00. The largest absolute Gasteiger partial charge is 0.0843 e. The highest BCUT2D eigenvalue weighted by molar-refractivity contribution is 6.34. The van der Waals surface area contributed by atoms with Crippen molar-refractivity contribution in [3.8, 4) is 22.3 Å². The Morgan fingerprint density at radius 1 is 0.645 bits per heavy atom. The second kappa shape index (κ2) is 5.59. The van der Waals surface area contributed by atoms with Gasteiger partial charge in [0.15, 0.2) is 0 Å². The summed E-state index contributed by atoms with van der Waals surface area (Å²) in [6.07, 6.45) is 7.22. The summed E-state index contributed by atoms with van der Waals surface area (Å²) < 4.78 is 0. The second-order valence-corrected chi connectivity index (χ2v) is 11.7. The van der Waals surface area contributed by atoms with Crippen molar-refractivity contribution in [1.82, 2.24) is 0 Å². The van der Waals surface area contributed by atoms with Crippen LogP contribution in [0.3, 0.4) is 0 Å². The highest BCUT2D eigenvalue weighted by Crippen LogP contribution is 2.82. The van der Waals surface area contributed by atoms with E-state index in [9.17, 15) is 0 Å². The van der Waals surface area contributed by atoms with Gasteiger partial charge in [-0.05, 0) is 107 Å². The van der Waals surface area contributed by atoms with E-state index in [1.54, 1.807) is 5.56 Å². The molecule has 2 spiro atoms. The summed E-state index contributed by atoms with van der Waals surface area (Å²) in [6.45, 7) is 0. The summed E-state index contributed by atoms with van der Waals surface area (Å²) in [4.78, 5) is 0. The predicted octanol–water partition coefficient (Wildman–Crippen LogP) is 8.38. The van der Waals surface area contributed by atoms with Crippen LogP contribution in [0.5, 0.6) is 0 Å². The highest BCUT2D eigenvalue weighted by atomic mass is 35.5. The first kappa shape index (κ1) is 17.8. The molecular weight excluding hydrogens is 419 g/mol. The van der Waals surface area contributed by atoms with Gasteiger partial charge in [0.05, 0.1) is 0 Å². The predicted molar refractivity (Wildman–Crippen MR) is 128 cm³/mol. The Balaban J connectivity index is 1.46. The summed E-state index contributed by atoms with van der Waals surface area (Å²) in [5.74, 6) is 3.50. The molecule has 2 heteroatoms. The molecule has 154 valence electrons. The molecule has 4 atom stereocenters. The van der Waals surface area contributed by atoms with Crippen molar-refractivity contribution in [3.05, 3.63) is 81.8 Å². The minimum Gasteiger partial charge on any atom is -0.0843 e. The van der Waals surface area contributed by atoms with Crippen LogP contribution in [0.4, 0.5) is 0 Å². The van der Waals surface area contributed by atoms with Gasteiger partial charge in [0.1, 0.15) is 0 Å². The summed E-state index contributed by atoms with van der Waals surface area (Å²) in [6, 6.07) is 22.0. The van der Waals surface area contributed by atoms with Crippen molar-refractivity contribution >= 4 is 23.2 Å². The Hall–Kier alpha value is -1.76. The third-order valence-electron chi connectivity index (χ3n) is 10.2. The highest BCUT2D eigenvalue weighted by Gasteiger charge is 2.74. The third-order valence-corrected chi connectivity index (χ3v) is 10.8. The number of hydrogen-bond donors (Lipinski definition) is 0. The molecule has 0 radical (unpaired) electrons. The van der Waals surface area contributed by atoms with E-state index in [2.05, 4.69) is 48.5 Å². The van der Waals surface area contributed by atoms with Crippen molar-refractivity contribution in [2.45, 2.75) is 37.5 Å². The molecule has 5 aliphatic carbocycles. The van der Waals surface area contributed by atoms with Crippen LogP contribution in [-0.2, 0) is 5.41 Å². The molecule has 4 saturated carbocycles. The summed E-state index contributed by atoms with van der Waals surface area (Å²) in [5, 5.41) is 1.70. The van der Waals surface area contributed by atoms with Crippen molar-refractivity contribution in [2.75, 3.05) is 0 Å². The Morgan fingerprint density at radius 3 is 1.97 bits per heavy atom. The van der Waals surface area contributed by atoms with Crippen LogP contribution in [0.2, 0.25) is 10.0 Å². The molecule has 3 bridgehead atoms. The van der Waals surface area contributed by atoms with E-state index in [1.807, 2.05) is 12.1 Å². The Kier molecular flexibility index (Phi) is 3.20. The fourth-order valence-corrected chi connectivity index (χ4v) is 9.77. The topological polar surface area (TPSA) is 0 Å². The van der Waals surface area contributed by atoms with Gasteiger partial charge in [0.2, 0.25) is 0 Å². The lowest BCUT2D eigenvalue weighted by atomic mass is 9.54. The monoisotopic (exact) mass is 442 g/mol. The first-order valence-corrected chi connectivity index (χ1v) is 12.6. The van der Waals surface area contributed by atoms with E-state index >= 15 is 0 Å². The van der Waals surface area contributed by atoms with Gasteiger partial charge < -0.3 is 0 Å². The Bertz CT molecular complexity index is 1250. The Morgan fingerprint density at radius 2 is 1.26 bits per heavy atom. The third kappa shape index (κ3) is 1.86. The molecule has 0 aliphatic heterocycles. The van der Waals surface area contributed by atoms with E-state index in [4.69, 9.17) is 23.2 Å². The number of fused-ring (bicyclic) bond motifs is 9. The average Bonchev–Trinajstić information content (AvgIpc) is 3.30. The fourth-order valence-electron chi connectivity index (χ4n) is 9.38. The first-order valence-electron chi connectivity index (χ1n) is 11.8. The van der Waals surface area contributed by atoms with Gasteiger partial charge in [-0.1, -0.05) is 65.7 Å². The zero-order valence-electron chi connectivity index (χ0n) is 17.4. The van der Waals surface area contributed by atoms with Crippen LogP contribution in [0.25, 0.3) is 22.3 Å². The van der Waals surface area contributed by atoms with Gasteiger partial charge in [0, 0.05) is 21.0 Å². The molecule has 3 aromatic rings. The normalized spacial score (nSPS) is 37.6. The quantitative estimate of drug-likeness (QED) is 0.354. The van der Waals surface area contributed by atoms with E-state index in [1.165, 1.54) is 59.9 Å². The van der Waals surface area contributed by atoms with E-state index in [0.29, 0.717) is 5.41 Å². The molecule has 0 N–H and O–H groups in total. The van der Waals surface area contributed by atoms with Gasteiger partial charge in [-0.25, -0.2) is 0 Å². The maximum absolute atomic E-state index is 7.00. The first-order chi connectivity index (χ1) is 15.1. The zero-order chi connectivity index (χ0) is 20.5. The van der Waals surface area contributed by atoms with Crippen molar-refractivity contribution < 1.29 is 0 Å². The number of hydrogen-bond acceptors (Lipinski definition) is 0. The molecule has 0 aromatic heterocycles. The van der Waals surface area contributed by atoms with E-state index < -0.39 is 0 Å². The van der Waals surface area contributed by atoms with Crippen molar-refractivity contribution in [1.29, 1.82) is 0 Å². The average molecular weight is 443 g/mol. The van der Waals surface area contributed by atoms with Crippen LogP contribution in [-0.4, -0.2) is 0 Å². The van der Waals surface area contributed by atoms with Gasteiger partial charge in [-0.15, -0.1) is 0 Å². The molecule has 8 rings (SSSR count). The van der Waals surface area contributed by atoms with Crippen LogP contribution >= 0.6 is 23.2 Å². The van der Waals surface area contributed by atoms with Crippen LogP contribution in [0, 0.1) is 29.1 Å². The minimum absolute atomic E-state index is 0.158. The molecule has 0 nitrogen and oxygen atoms in total. The lowest BCUT2D eigenvalue weighted by Gasteiger charge is -2.50. The molecule has 3 aromatic carbocycles. The van der Waals surface area contributed by atoms with Crippen LogP contribution in [0.15, 0.2) is 60.7 Å². The number of halogens is 2. The molecule has 4 unspecified atom stereocenters. The summed E-state index contributed by atoms with van der Waals surface area (Å²) in [7, 11) is 0. The minimum atomic E-state index is 0.158. The SMILES string of the molecule is Clc1ccc(-c2cccc3c2-c2c(Cl)cccc2C32C3CC4CC5CC2CC45C3)cc1. The van der Waals surface area contributed by atoms with Crippen LogP contribution < -0.4 is 0 Å². The maximum Gasteiger partial charge on any atom is 0.0487 e. The molecular formula is C29H24Cl2. The molecule has 4 fully saturated rings. The van der Waals surface area contributed by atoms with Gasteiger partial charge in [-0.2, -0.15) is 0 Å². The number of rotatable bonds is 1. The summed E-state index contributed by atoms with van der Waals surface area (Å²) >= 11 is 13.2. The van der Waals surface area contributed by atoms with Crippen LogP contribution in [0.1, 0.15) is 43.2 Å². The zero-order valence-corrected chi connectivity index (χ0v) is 18.9. The number of benzene rings is 3. The molecule has 31 heavy (non-hydrogen) atoms. The van der Waals surface area contributed by atoms with E-state index in [-0.39, 0.29) is 5.41 Å². The molecule has 5 aliphatic rings. The lowest BCUT2D eigenvalue weighted by Crippen LogP contribution is -2.44. The van der Waals surface area contributed by atoms with Crippen molar-refractivity contribution in [2.24, 2.45) is 29.1 Å². The molecule has 0 amide bonds. The van der Waals surface area contributed by atoms with E-state index in [0.717, 1.165) is 33.7 Å². The van der Waals surface area contributed by atoms with Crippen molar-refractivity contribution in [3.63, 3.8) is 0 Å². The second-order valence-electron chi connectivity index (χ2n) is 10.9. The van der Waals surface area contributed by atoms with Gasteiger partial charge in [-0.3, -0.25) is 0 Å².